The van der Waals surface area contributed by atoms with Gasteiger partial charge < -0.3 is 15.4 Å². The summed E-state index contributed by atoms with van der Waals surface area (Å²) in [5, 5.41) is 11.7. The zero-order chi connectivity index (χ0) is 20.5. The highest BCUT2D eigenvalue weighted by atomic mass is 127. The van der Waals surface area contributed by atoms with E-state index < -0.39 is 0 Å². The summed E-state index contributed by atoms with van der Waals surface area (Å²) in [6.07, 6.45) is 3.63. The number of halogens is 2. The molecule has 0 saturated heterocycles. The smallest absolute Gasteiger partial charge is 0.191 e. The molecule has 0 aliphatic rings. The predicted octanol–water partition coefficient (Wildman–Crippen LogP) is 4.26. The number of aliphatic imine (C=N–C) groups is 1. The number of nitrogens with one attached hydrogen (secondary N) is 2. The fraction of sp³-hybridized carbons (Fsp3) is 0.273. The molecule has 6 nitrogen and oxygen atoms in total. The summed E-state index contributed by atoms with van der Waals surface area (Å²) >= 11 is 6.10. The monoisotopic (exact) mass is 539 g/mol. The Kier molecular flexibility index (Phi) is 10.1. The minimum Gasteiger partial charge on any atom is -0.375 e. The molecule has 0 bridgehead atoms. The number of hydrogen-bond donors (Lipinski definition) is 2. The Labute approximate surface area is 199 Å². The highest BCUT2D eigenvalue weighted by molar-refractivity contribution is 14.0. The Balaban J connectivity index is 0.00000320. The summed E-state index contributed by atoms with van der Waals surface area (Å²) in [5.74, 6) is 0.711. The lowest BCUT2D eigenvalue weighted by molar-refractivity contribution is 0.106. The SMILES string of the molecule is CN=C(NCc1ccccc1Cn1cccn1)NCC(OC)c1cccc(Cl)c1.I. The van der Waals surface area contributed by atoms with Crippen LogP contribution in [-0.2, 0) is 17.8 Å². The zero-order valence-electron chi connectivity index (χ0n) is 17.1. The molecule has 160 valence electrons. The van der Waals surface area contributed by atoms with Crippen molar-refractivity contribution in [1.82, 2.24) is 20.4 Å². The lowest BCUT2D eigenvalue weighted by Gasteiger charge is -2.19. The van der Waals surface area contributed by atoms with Gasteiger partial charge in [-0.25, -0.2) is 0 Å². The highest BCUT2D eigenvalue weighted by Gasteiger charge is 2.12. The Morgan fingerprint density at radius 1 is 1.13 bits per heavy atom. The second-order valence-corrected chi connectivity index (χ2v) is 6.99. The van der Waals surface area contributed by atoms with Gasteiger partial charge in [-0.3, -0.25) is 9.67 Å². The minimum absolute atomic E-state index is 0. The van der Waals surface area contributed by atoms with E-state index in [1.165, 1.54) is 11.1 Å². The van der Waals surface area contributed by atoms with Gasteiger partial charge in [-0.05, 0) is 34.9 Å². The molecule has 1 heterocycles. The van der Waals surface area contributed by atoms with Gasteiger partial charge in [0.05, 0.1) is 12.6 Å². The fourth-order valence-electron chi connectivity index (χ4n) is 3.09. The molecule has 2 N–H and O–H groups in total. The van der Waals surface area contributed by atoms with Crippen LogP contribution in [0.2, 0.25) is 5.02 Å². The highest BCUT2D eigenvalue weighted by Crippen LogP contribution is 2.19. The largest absolute Gasteiger partial charge is 0.375 e. The molecule has 3 aromatic rings. The number of rotatable bonds is 8. The molecule has 1 atom stereocenters. The molecule has 0 aliphatic heterocycles. The van der Waals surface area contributed by atoms with Gasteiger partial charge in [0, 0.05) is 44.7 Å². The third-order valence-electron chi connectivity index (χ3n) is 4.64. The van der Waals surface area contributed by atoms with Crippen molar-refractivity contribution in [2.45, 2.75) is 19.2 Å². The summed E-state index contributed by atoms with van der Waals surface area (Å²) in [7, 11) is 3.45. The Bertz CT molecular complexity index is 933. The number of hydrogen-bond acceptors (Lipinski definition) is 3. The first-order chi connectivity index (χ1) is 14.2. The molecule has 0 amide bonds. The molecule has 2 aromatic carbocycles. The molecular formula is C22H27ClIN5O. The standard InChI is InChI=1S/C22H26ClN5O.HI/c1-24-22(26-15-21(29-2)17-9-5-10-20(23)13-17)25-14-18-7-3-4-8-19(18)16-28-12-6-11-27-28;/h3-13,21H,14-16H2,1-2H3,(H2,24,25,26);1H. The number of ether oxygens (including phenoxy) is 1. The molecule has 0 saturated carbocycles. The van der Waals surface area contributed by atoms with Gasteiger partial charge in [-0.15, -0.1) is 24.0 Å². The van der Waals surface area contributed by atoms with Crippen LogP contribution in [0.3, 0.4) is 0 Å². The van der Waals surface area contributed by atoms with Crippen LogP contribution in [0.25, 0.3) is 0 Å². The van der Waals surface area contributed by atoms with Crippen molar-refractivity contribution in [2.24, 2.45) is 4.99 Å². The molecule has 0 fully saturated rings. The second-order valence-electron chi connectivity index (χ2n) is 6.56. The average Bonchev–Trinajstić information content (AvgIpc) is 3.25. The van der Waals surface area contributed by atoms with Crippen LogP contribution in [0, 0.1) is 0 Å². The minimum atomic E-state index is -0.126. The average molecular weight is 540 g/mol. The van der Waals surface area contributed by atoms with Gasteiger partial charge in [-0.2, -0.15) is 5.10 Å². The lowest BCUT2D eigenvalue weighted by atomic mass is 10.1. The molecule has 1 unspecified atom stereocenters. The van der Waals surface area contributed by atoms with Crippen LogP contribution in [-0.4, -0.2) is 36.4 Å². The summed E-state index contributed by atoms with van der Waals surface area (Å²) in [5.41, 5.74) is 3.43. The first kappa shape index (κ1) is 24.2. The van der Waals surface area contributed by atoms with E-state index in [0.717, 1.165) is 12.1 Å². The third kappa shape index (κ3) is 7.00. The number of nitrogens with zero attached hydrogens (tertiary/aromatic N) is 3. The molecule has 0 spiro atoms. The zero-order valence-corrected chi connectivity index (χ0v) is 20.2. The van der Waals surface area contributed by atoms with E-state index in [9.17, 15) is 0 Å². The van der Waals surface area contributed by atoms with Gasteiger partial charge in [0.2, 0.25) is 0 Å². The summed E-state index contributed by atoms with van der Waals surface area (Å²) in [4.78, 5) is 4.32. The van der Waals surface area contributed by atoms with Crippen molar-refractivity contribution >= 4 is 41.5 Å². The van der Waals surface area contributed by atoms with Crippen LogP contribution in [0.1, 0.15) is 22.8 Å². The van der Waals surface area contributed by atoms with E-state index in [0.29, 0.717) is 24.1 Å². The normalized spacial score (nSPS) is 12.2. The molecule has 8 heteroatoms. The van der Waals surface area contributed by atoms with Gasteiger partial charge in [0.1, 0.15) is 0 Å². The second kappa shape index (κ2) is 12.6. The van der Waals surface area contributed by atoms with E-state index in [-0.39, 0.29) is 30.1 Å². The number of benzene rings is 2. The van der Waals surface area contributed by atoms with Crippen LogP contribution in [0.5, 0.6) is 0 Å². The van der Waals surface area contributed by atoms with Crippen LogP contribution < -0.4 is 10.6 Å². The van der Waals surface area contributed by atoms with Crippen molar-refractivity contribution in [3.63, 3.8) is 0 Å². The number of methoxy groups -OCH3 is 1. The summed E-state index contributed by atoms with van der Waals surface area (Å²) < 4.78 is 7.53. The van der Waals surface area contributed by atoms with E-state index in [1.54, 1.807) is 20.4 Å². The maximum atomic E-state index is 6.10. The van der Waals surface area contributed by atoms with Gasteiger partial charge in [-0.1, -0.05) is 48.0 Å². The number of aromatic nitrogens is 2. The first-order valence-electron chi connectivity index (χ1n) is 9.46. The quantitative estimate of drug-likeness (QED) is 0.255. The molecule has 0 radical (unpaired) electrons. The van der Waals surface area contributed by atoms with E-state index in [4.69, 9.17) is 16.3 Å². The van der Waals surface area contributed by atoms with Crippen molar-refractivity contribution in [3.8, 4) is 0 Å². The molecule has 3 rings (SSSR count). The topological polar surface area (TPSA) is 63.5 Å². The molecule has 30 heavy (non-hydrogen) atoms. The first-order valence-corrected chi connectivity index (χ1v) is 9.84. The van der Waals surface area contributed by atoms with Crippen molar-refractivity contribution in [2.75, 3.05) is 20.7 Å². The fourth-order valence-corrected chi connectivity index (χ4v) is 3.28. The lowest BCUT2D eigenvalue weighted by Crippen LogP contribution is -2.39. The predicted molar refractivity (Wildman–Crippen MR) is 133 cm³/mol. The van der Waals surface area contributed by atoms with Gasteiger partial charge in [0.25, 0.3) is 0 Å². The van der Waals surface area contributed by atoms with E-state index in [2.05, 4.69) is 32.9 Å². The van der Waals surface area contributed by atoms with Crippen LogP contribution >= 0.6 is 35.6 Å². The van der Waals surface area contributed by atoms with Crippen molar-refractivity contribution in [3.05, 3.63) is 88.7 Å². The summed E-state index contributed by atoms with van der Waals surface area (Å²) in [6, 6.07) is 17.9. The van der Waals surface area contributed by atoms with Crippen LogP contribution in [0.15, 0.2) is 72.0 Å². The van der Waals surface area contributed by atoms with Crippen LogP contribution in [0.4, 0.5) is 0 Å². The van der Waals surface area contributed by atoms with E-state index >= 15 is 0 Å². The molecular weight excluding hydrogens is 513 g/mol. The molecule has 0 aliphatic carbocycles. The van der Waals surface area contributed by atoms with Gasteiger partial charge in [0.15, 0.2) is 5.96 Å². The number of guanidine groups is 1. The van der Waals surface area contributed by atoms with E-state index in [1.807, 2.05) is 53.3 Å². The Morgan fingerprint density at radius 2 is 1.93 bits per heavy atom. The summed E-state index contributed by atoms with van der Waals surface area (Å²) in [6.45, 7) is 1.97. The van der Waals surface area contributed by atoms with Crippen molar-refractivity contribution in [1.29, 1.82) is 0 Å². The van der Waals surface area contributed by atoms with Crippen molar-refractivity contribution < 1.29 is 4.74 Å². The van der Waals surface area contributed by atoms with Gasteiger partial charge >= 0.3 is 0 Å². The molecule has 1 aromatic heterocycles. The Hall–Kier alpha value is -2.10. The maximum absolute atomic E-state index is 6.10. The third-order valence-corrected chi connectivity index (χ3v) is 4.87. The Morgan fingerprint density at radius 3 is 2.60 bits per heavy atom. The maximum Gasteiger partial charge on any atom is 0.191 e.